The highest BCUT2D eigenvalue weighted by Gasteiger charge is 2.41. The van der Waals surface area contributed by atoms with Crippen molar-refractivity contribution < 1.29 is 28.2 Å². The Labute approximate surface area is 149 Å². The Morgan fingerprint density at radius 1 is 1.00 bits per heavy atom. The van der Waals surface area contributed by atoms with Gasteiger partial charge in [0, 0.05) is 0 Å². The summed E-state index contributed by atoms with van der Waals surface area (Å²) in [6.45, 7) is 1.43. The van der Waals surface area contributed by atoms with Crippen molar-refractivity contribution in [3.63, 3.8) is 0 Å². The highest BCUT2D eigenvalue weighted by atomic mass is 19.1. The van der Waals surface area contributed by atoms with Crippen LogP contribution in [-0.2, 0) is 9.53 Å². The van der Waals surface area contributed by atoms with Crippen LogP contribution in [0.5, 0.6) is 5.75 Å². The van der Waals surface area contributed by atoms with Gasteiger partial charge in [0.1, 0.15) is 30.8 Å². The SMILES string of the molecule is C[C@@H](C(=O)OCCOc1ccc(F)cc1)N1C(=O)c2ccccc2C1=O. The van der Waals surface area contributed by atoms with Crippen molar-refractivity contribution >= 4 is 17.8 Å². The summed E-state index contributed by atoms with van der Waals surface area (Å²) in [4.78, 5) is 37.7. The quantitative estimate of drug-likeness (QED) is 0.451. The number of hydrogen-bond donors (Lipinski definition) is 0. The van der Waals surface area contributed by atoms with Gasteiger partial charge in [-0.1, -0.05) is 12.1 Å². The van der Waals surface area contributed by atoms with E-state index in [2.05, 4.69) is 0 Å². The monoisotopic (exact) mass is 357 g/mol. The summed E-state index contributed by atoms with van der Waals surface area (Å²) in [5, 5.41) is 0. The molecule has 134 valence electrons. The number of esters is 1. The van der Waals surface area contributed by atoms with E-state index < -0.39 is 23.8 Å². The maximum Gasteiger partial charge on any atom is 0.329 e. The summed E-state index contributed by atoms with van der Waals surface area (Å²) in [6, 6.07) is 10.8. The lowest BCUT2D eigenvalue weighted by Gasteiger charge is -2.20. The molecule has 0 saturated heterocycles. The van der Waals surface area contributed by atoms with Crippen LogP contribution in [0, 0.1) is 5.82 Å². The van der Waals surface area contributed by atoms with Crippen LogP contribution in [0.25, 0.3) is 0 Å². The fourth-order valence-corrected chi connectivity index (χ4v) is 2.62. The second kappa shape index (κ2) is 7.35. The molecule has 7 heteroatoms. The molecule has 2 amide bonds. The largest absolute Gasteiger partial charge is 0.490 e. The van der Waals surface area contributed by atoms with Gasteiger partial charge in [-0.25, -0.2) is 9.18 Å². The lowest BCUT2D eigenvalue weighted by atomic mass is 10.1. The van der Waals surface area contributed by atoms with Crippen molar-refractivity contribution in [2.45, 2.75) is 13.0 Å². The number of ether oxygens (including phenoxy) is 2. The molecule has 2 aromatic rings. The van der Waals surface area contributed by atoms with Crippen molar-refractivity contribution in [1.82, 2.24) is 4.90 Å². The number of amides is 2. The average Bonchev–Trinajstić information content (AvgIpc) is 2.90. The first kappa shape index (κ1) is 17.6. The molecule has 1 aliphatic rings. The van der Waals surface area contributed by atoms with Crippen molar-refractivity contribution in [2.24, 2.45) is 0 Å². The second-order valence-corrected chi connectivity index (χ2v) is 5.67. The number of hydrogen-bond acceptors (Lipinski definition) is 5. The number of halogens is 1. The van der Waals surface area contributed by atoms with Crippen molar-refractivity contribution in [2.75, 3.05) is 13.2 Å². The summed E-state index contributed by atoms with van der Waals surface area (Å²) in [6.07, 6.45) is 0. The fourth-order valence-electron chi connectivity index (χ4n) is 2.62. The molecule has 1 aliphatic heterocycles. The van der Waals surface area contributed by atoms with E-state index in [1.165, 1.54) is 31.2 Å². The third-order valence-corrected chi connectivity index (χ3v) is 3.96. The molecule has 0 saturated carbocycles. The smallest absolute Gasteiger partial charge is 0.329 e. The number of carbonyl (C=O) groups excluding carboxylic acids is 3. The predicted molar refractivity (Wildman–Crippen MR) is 89.3 cm³/mol. The third-order valence-electron chi connectivity index (χ3n) is 3.96. The molecule has 0 aliphatic carbocycles. The zero-order chi connectivity index (χ0) is 18.7. The third kappa shape index (κ3) is 3.42. The molecule has 0 fully saturated rings. The molecule has 0 N–H and O–H groups in total. The van der Waals surface area contributed by atoms with Gasteiger partial charge in [-0.15, -0.1) is 0 Å². The Balaban J connectivity index is 1.53. The van der Waals surface area contributed by atoms with Crippen LogP contribution in [0.1, 0.15) is 27.6 Å². The van der Waals surface area contributed by atoms with Crippen LogP contribution in [0.15, 0.2) is 48.5 Å². The van der Waals surface area contributed by atoms with Gasteiger partial charge in [0.15, 0.2) is 0 Å². The molecule has 0 radical (unpaired) electrons. The van der Waals surface area contributed by atoms with Gasteiger partial charge in [0.25, 0.3) is 11.8 Å². The van der Waals surface area contributed by atoms with E-state index >= 15 is 0 Å². The molecule has 3 rings (SSSR count). The summed E-state index contributed by atoms with van der Waals surface area (Å²) < 4.78 is 23.2. The maximum absolute atomic E-state index is 12.8. The van der Waals surface area contributed by atoms with Gasteiger partial charge < -0.3 is 9.47 Å². The minimum Gasteiger partial charge on any atom is -0.490 e. The molecular formula is C19H16FNO5. The first-order valence-corrected chi connectivity index (χ1v) is 8.01. The summed E-state index contributed by atoms with van der Waals surface area (Å²) in [7, 11) is 0. The lowest BCUT2D eigenvalue weighted by molar-refractivity contribution is -0.148. The Kier molecular flexibility index (Phi) is 4.97. The normalized spacial score (nSPS) is 14.2. The van der Waals surface area contributed by atoms with E-state index in [4.69, 9.17) is 9.47 Å². The van der Waals surface area contributed by atoms with E-state index in [0.29, 0.717) is 5.75 Å². The number of imide groups is 1. The molecule has 26 heavy (non-hydrogen) atoms. The van der Waals surface area contributed by atoms with E-state index in [1.807, 2.05) is 0 Å². The van der Waals surface area contributed by atoms with Gasteiger partial charge in [-0.3, -0.25) is 14.5 Å². The van der Waals surface area contributed by atoms with Gasteiger partial charge in [-0.2, -0.15) is 0 Å². The number of carbonyl (C=O) groups is 3. The Hall–Kier alpha value is -3.22. The van der Waals surface area contributed by atoms with E-state index in [9.17, 15) is 18.8 Å². The Morgan fingerprint density at radius 3 is 2.15 bits per heavy atom. The van der Waals surface area contributed by atoms with Crippen LogP contribution in [0.4, 0.5) is 4.39 Å². The predicted octanol–water partition coefficient (Wildman–Crippen LogP) is 2.43. The summed E-state index contributed by atoms with van der Waals surface area (Å²) >= 11 is 0. The van der Waals surface area contributed by atoms with Gasteiger partial charge in [0.05, 0.1) is 11.1 Å². The summed E-state index contributed by atoms with van der Waals surface area (Å²) in [5.74, 6) is -1.67. The van der Waals surface area contributed by atoms with E-state index in [-0.39, 0.29) is 30.2 Å². The Morgan fingerprint density at radius 2 is 1.58 bits per heavy atom. The molecule has 0 bridgehead atoms. The first-order chi connectivity index (χ1) is 12.5. The molecule has 1 atom stereocenters. The van der Waals surface area contributed by atoms with E-state index in [1.54, 1.807) is 24.3 Å². The molecule has 2 aromatic carbocycles. The zero-order valence-corrected chi connectivity index (χ0v) is 14.0. The first-order valence-electron chi connectivity index (χ1n) is 8.01. The Bertz CT molecular complexity index is 814. The standard InChI is InChI=1S/C19H16FNO5/c1-12(21-17(22)15-4-2-3-5-16(15)18(21)23)19(24)26-11-10-25-14-8-6-13(20)7-9-14/h2-9,12H,10-11H2,1H3/t12-/m0/s1. The van der Waals surface area contributed by atoms with Crippen molar-refractivity contribution in [3.8, 4) is 5.75 Å². The van der Waals surface area contributed by atoms with Gasteiger partial charge in [-0.05, 0) is 43.3 Å². The second-order valence-electron chi connectivity index (χ2n) is 5.67. The highest BCUT2D eigenvalue weighted by Crippen LogP contribution is 2.24. The van der Waals surface area contributed by atoms with E-state index in [0.717, 1.165) is 4.90 Å². The van der Waals surface area contributed by atoms with Crippen molar-refractivity contribution in [1.29, 1.82) is 0 Å². The number of fused-ring (bicyclic) bond motifs is 1. The lowest BCUT2D eigenvalue weighted by Crippen LogP contribution is -2.44. The van der Waals surface area contributed by atoms with Crippen LogP contribution in [0.2, 0.25) is 0 Å². The minimum absolute atomic E-state index is 0.0617. The minimum atomic E-state index is -1.05. The van der Waals surface area contributed by atoms with Crippen LogP contribution >= 0.6 is 0 Å². The average molecular weight is 357 g/mol. The molecule has 0 aromatic heterocycles. The van der Waals surface area contributed by atoms with Gasteiger partial charge in [0.2, 0.25) is 0 Å². The molecule has 1 heterocycles. The zero-order valence-electron chi connectivity index (χ0n) is 14.0. The number of nitrogens with zero attached hydrogens (tertiary/aromatic N) is 1. The number of rotatable bonds is 6. The van der Waals surface area contributed by atoms with Gasteiger partial charge >= 0.3 is 5.97 Å². The topological polar surface area (TPSA) is 72.9 Å². The van der Waals surface area contributed by atoms with Crippen molar-refractivity contribution in [3.05, 3.63) is 65.5 Å². The summed E-state index contributed by atoms with van der Waals surface area (Å²) in [5.41, 5.74) is 0.550. The number of benzene rings is 2. The maximum atomic E-state index is 12.8. The fraction of sp³-hybridized carbons (Fsp3) is 0.211. The molecular weight excluding hydrogens is 341 g/mol. The molecule has 0 spiro atoms. The molecule has 0 unspecified atom stereocenters. The highest BCUT2D eigenvalue weighted by molar-refractivity contribution is 6.22. The van der Waals surface area contributed by atoms with Crippen LogP contribution < -0.4 is 4.74 Å². The molecule has 6 nitrogen and oxygen atoms in total. The van der Waals surface area contributed by atoms with Crippen LogP contribution in [-0.4, -0.2) is 41.9 Å². The van der Waals surface area contributed by atoms with Crippen LogP contribution in [0.3, 0.4) is 0 Å².